The van der Waals surface area contributed by atoms with Gasteiger partial charge in [-0.2, -0.15) is 0 Å². The van der Waals surface area contributed by atoms with Crippen LogP contribution in [0.2, 0.25) is 0 Å². The van der Waals surface area contributed by atoms with Crippen molar-refractivity contribution in [2.75, 3.05) is 33.2 Å². The van der Waals surface area contributed by atoms with Crippen LogP contribution in [0.3, 0.4) is 0 Å². The third kappa shape index (κ3) is 5.50. The lowest BCUT2D eigenvalue weighted by atomic mass is 10.1. The highest BCUT2D eigenvalue weighted by Crippen LogP contribution is 2.22. The highest BCUT2D eigenvalue weighted by molar-refractivity contribution is 5.53. The molecule has 2 aromatic rings. The Morgan fingerprint density at radius 1 is 0.615 bits per heavy atom. The molecule has 3 nitrogen and oxygen atoms in total. The summed E-state index contributed by atoms with van der Waals surface area (Å²) >= 11 is 0. The van der Waals surface area contributed by atoms with Crippen molar-refractivity contribution < 1.29 is 0 Å². The third-order valence-electron chi connectivity index (χ3n) is 4.77. The molecule has 0 aromatic heterocycles. The Hall–Kier alpha value is -2.00. The Labute approximate surface area is 159 Å². The average molecular weight is 352 g/mol. The van der Waals surface area contributed by atoms with E-state index >= 15 is 0 Å². The minimum absolute atomic E-state index is 0.823. The molecular formula is C23H33N3. The van der Waals surface area contributed by atoms with Crippen LogP contribution in [0, 0.1) is 41.5 Å². The summed E-state index contributed by atoms with van der Waals surface area (Å²) in [6.07, 6.45) is 0. The molecule has 3 heteroatoms. The van der Waals surface area contributed by atoms with Gasteiger partial charge in [-0.05, 0) is 70.8 Å². The first-order valence-corrected chi connectivity index (χ1v) is 9.47. The number of benzene rings is 2. The molecule has 0 aliphatic heterocycles. The number of rotatable bonds is 8. The van der Waals surface area contributed by atoms with E-state index in [0.29, 0.717) is 0 Å². The molecule has 0 unspecified atom stereocenters. The predicted octanol–water partition coefficient (Wildman–Crippen LogP) is 4.64. The molecule has 2 radical (unpaired) electrons. The summed E-state index contributed by atoms with van der Waals surface area (Å²) in [7, 11) is 2.15. The smallest absolute Gasteiger partial charge is 0.0633 e. The van der Waals surface area contributed by atoms with E-state index in [1.165, 1.54) is 33.4 Å². The summed E-state index contributed by atoms with van der Waals surface area (Å²) in [5.74, 6) is 0. The van der Waals surface area contributed by atoms with Crippen molar-refractivity contribution >= 4 is 11.4 Å². The van der Waals surface area contributed by atoms with Gasteiger partial charge in [0.1, 0.15) is 0 Å². The van der Waals surface area contributed by atoms with Crippen molar-refractivity contribution in [3.63, 3.8) is 0 Å². The minimum Gasteiger partial charge on any atom is -0.303 e. The maximum Gasteiger partial charge on any atom is 0.0633 e. The molecule has 140 valence electrons. The fourth-order valence-electron chi connectivity index (χ4n) is 3.62. The molecular weight excluding hydrogens is 318 g/mol. The van der Waals surface area contributed by atoms with Gasteiger partial charge in [0.25, 0.3) is 0 Å². The summed E-state index contributed by atoms with van der Waals surface area (Å²) in [4.78, 5) is 2.31. The Kier molecular flexibility index (Phi) is 7.10. The van der Waals surface area contributed by atoms with E-state index in [4.69, 9.17) is 10.6 Å². The van der Waals surface area contributed by atoms with Gasteiger partial charge in [-0.1, -0.05) is 35.4 Å². The lowest BCUT2D eigenvalue weighted by molar-refractivity contribution is 0.339. The van der Waals surface area contributed by atoms with Crippen LogP contribution in [0.5, 0.6) is 0 Å². The molecule has 0 amide bonds. The maximum absolute atomic E-state index is 4.82. The molecule has 0 saturated carbocycles. The van der Waals surface area contributed by atoms with Gasteiger partial charge in [-0.3, -0.25) is 10.6 Å². The minimum atomic E-state index is 0.823. The van der Waals surface area contributed by atoms with Crippen molar-refractivity contribution in [1.82, 2.24) is 15.5 Å². The van der Waals surface area contributed by atoms with Crippen LogP contribution in [-0.4, -0.2) is 38.1 Å². The average Bonchev–Trinajstić information content (AvgIpc) is 2.52. The fourth-order valence-corrected chi connectivity index (χ4v) is 3.62. The first-order valence-electron chi connectivity index (χ1n) is 9.47. The number of aryl methyl sites for hydroxylation is 6. The Morgan fingerprint density at radius 2 is 0.923 bits per heavy atom. The molecule has 0 aliphatic rings. The number of likely N-dealkylation sites (N-methyl/N-ethyl adjacent to an activating group) is 1. The zero-order chi connectivity index (χ0) is 19.3. The van der Waals surface area contributed by atoms with Gasteiger partial charge in [-0.25, -0.2) is 0 Å². The quantitative estimate of drug-likeness (QED) is 0.681. The van der Waals surface area contributed by atoms with Crippen molar-refractivity contribution in [1.29, 1.82) is 0 Å². The number of hydrogen-bond donors (Lipinski definition) is 0. The van der Waals surface area contributed by atoms with Crippen LogP contribution in [0.15, 0.2) is 24.3 Å². The van der Waals surface area contributed by atoms with Crippen molar-refractivity contribution in [3.8, 4) is 0 Å². The lowest BCUT2D eigenvalue weighted by Gasteiger charge is -2.18. The number of nitrogens with zero attached hydrogens (tertiary/aromatic N) is 3. The molecule has 0 fully saturated rings. The lowest BCUT2D eigenvalue weighted by Crippen LogP contribution is -2.29. The normalized spacial score (nSPS) is 11.1. The van der Waals surface area contributed by atoms with Gasteiger partial charge in [0.15, 0.2) is 0 Å². The zero-order valence-electron chi connectivity index (χ0n) is 17.5. The van der Waals surface area contributed by atoms with Gasteiger partial charge < -0.3 is 4.90 Å². The summed E-state index contributed by atoms with van der Waals surface area (Å²) in [6, 6.07) is 8.84. The van der Waals surface area contributed by atoms with Gasteiger partial charge in [0, 0.05) is 13.1 Å². The van der Waals surface area contributed by atoms with Crippen molar-refractivity contribution in [2.24, 2.45) is 0 Å². The zero-order valence-corrected chi connectivity index (χ0v) is 17.5. The Balaban J connectivity index is 1.77. The SMILES string of the molecule is Cc1cc(C)c([N]CCN(C)CC[N]c2c(C)cc(C)cc2C)c(C)c1. The molecule has 0 bridgehead atoms. The largest absolute Gasteiger partial charge is 0.303 e. The molecule has 0 saturated heterocycles. The fraction of sp³-hybridized carbons (Fsp3) is 0.478. The van der Waals surface area contributed by atoms with Crippen LogP contribution < -0.4 is 10.6 Å². The predicted molar refractivity (Wildman–Crippen MR) is 112 cm³/mol. The van der Waals surface area contributed by atoms with E-state index in [9.17, 15) is 0 Å². The first-order chi connectivity index (χ1) is 12.3. The van der Waals surface area contributed by atoms with Crippen molar-refractivity contribution in [2.45, 2.75) is 41.5 Å². The molecule has 0 spiro atoms. The molecule has 0 N–H and O–H groups in total. The van der Waals surface area contributed by atoms with E-state index in [1.54, 1.807) is 0 Å². The first kappa shape index (κ1) is 20.3. The van der Waals surface area contributed by atoms with E-state index in [1.807, 2.05) is 0 Å². The van der Waals surface area contributed by atoms with E-state index in [-0.39, 0.29) is 0 Å². The molecule has 0 heterocycles. The standard InChI is InChI=1S/C23H33N3/c1-16-12-18(3)22(19(4)13-16)24-8-10-26(7)11-9-25-23-20(5)14-17(2)15-21(23)6/h12-15H,8-11H2,1-7H3. The molecule has 26 heavy (non-hydrogen) atoms. The van der Waals surface area contributed by atoms with E-state index in [0.717, 1.165) is 37.6 Å². The van der Waals surface area contributed by atoms with Crippen molar-refractivity contribution in [3.05, 3.63) is 57.6 Å². The molecule has 2 aromatic carbocycles. The summed E-state index contributed by atoms with van der Waals surface area (Å²) < 4.78 is 0. The highest BCUT2D eigenvalue weighted by atomic mass is 15.1. The van der Waals surface area contributed by atoms with Gasteiger partial charge in [0.2, 0.25) is 0 Å². The van der Waals surface area contributed by atoms with Gasteiger partial charge in [-0.15, -0.1) is 0 Å². The van der Waals surface area contributed by atoms with Crippen LogP contribution in [0.25, 0.3) is 0 Å². The van der Waals surface area contributed by atoms with E-state index in [2.05, 4.69) is 77.8 Å². The van der Waals surface area contributed by atoms with Crippen LogP contribution in [-0.2, 0) is 0 Å². The maximum atomic E-state index is 4.82. The van der Waals surface area contributed by atoms with Crippen LogP contribution in [0.1, 0.15) is 33.4 Å². The molecule has 0 aliphatic carbocycles. The van der Waals surface area contributed by atoms with Gasteiger partial charge >= 0.3 is 0 Å². The second-order valence-electron chi connectivity index (χ2n) is 7.56. The summed E-state index contributed by atoms with van der Waals surface area (Å²) in [5.41, 5.74) is 9.99. The monoisotopic (exact) mass is 351 g/mol. The van der Waals surface area contributed by atoms with Crippen LogP contribution >= 0.6 is 0 Å². The highest BCUT2D eigenvalue weighted by Gasteiger charge is 2.07. The Bertz CT molecular complexity index is 640. The van der Waals surface area contributed by atoms with Crippen LogP contribution in [0.4, 0.5) is 11.4 Å². The molecule has 0 atom stereocenters. The second kappa shape index (κ2) is 9.09. The van der Waals surface area contributed by atoms with E-state index < -0.39 is 0 Å². The summed E-state index contributed by atoms with van der Waals surface area (Å²) in [5, 5.41) is 9.64. The topological polar surface area (TPSA) is 31.4 Å². The number of hydrogen-bond acceptors (Lipinski definition) is 1. The summed E-state index contributed by atoms with van der Waals surface area (Å²) in [6.45, 7) is 16.4. The molecule has 2 rings (SSSR count). The van der Waals surface area contributed by atoms with Gasteiger partial charge in [0.05, 0.1) is 24.5 Å². The third-order valence-corrected chi connectivity index (χ3v) is 4.77. The second-order valence-corrected chi connectivity index (χ2v) is 7.56. The Morgan fingerprint density at radius 3 is 1.23 bits per heavy atom.